The van der Waals surface area contributed by atoms with Gasteiger partial charge >= 0.3 is 0 Å². The number of nitrogens with zero attached hydrogens (tertiary/aromatic N) is 2. The van der Waals surface area contributed by atoms with Crippen LogP contribution in [-0.2, 0) is 0 Å². The Morgan fingerprint density at radius 2 is 2.24 bits per heavy atom. The predicted octanol–water partition coefficient (Wildman–Crippen LogP) is 2.82. The molecule has 112 valence electrons. The topological polar surface area (TPSA) is 37.4 Å². The van der Waals surface area contributed by atoms with Crippen LogP contribution in [0.5, 0.6) is 5.75 Å². The third kappa shape index (κ3) is 3.10. The lowest BCUT2D eigenvalue weighted by Crippen LogP contribution is -2.42. The van der Waals surface area contributed by atoms with Crippen molar-refractivity contribution >= 4 is 16.6 Å². The van der Waals surface area contributed by atoms with Gasteiger partial charge in [-0.25, -0.2) is 4.98 Å². The molecular weight excluding hydrogens is 262 g/mol. The number of pyridine rings is 1. The first-order valence-corrected chi connectivity index (χ1v) is 7.65. The maximum absolute atomic E-state index is 5.35. The predicted molar refractivity (Wildman–Crippen MR) is 87.2 cm³/mol. The van der Waals surface area contributed by atoms with E-state index in [1.54, 1.807) is 7.11 Å². The van der Waals surface area contributed by atoms with Gasteiger partial charge in [-0.05, 0) is 43.0 Å². The van der Waals surface area contributed by atoms with Crippen molar-refractivity contribution in [2.45, 2.75) is 25.3 Å². The molecule has 4 nitrogen and oxygen atoms in total. The fourth-order valence-electron chi connectivity index (χ4n) is 3.06. The number of anilines is 1. The zero-order valence-electron chi connectivity index (χ0n) is 12.8. The molecule has 3 rings (SSSR count). The van der Waals surface area contributed by atoms with Crippen LogP contribution in [0.2, 0.25) is 0 Å². The van der Waals surface area contributed by atoms with Crippen molar-refractivity contribution in [1.29, 1.82) is 0 Å². The highest BCUT2D eigenvalue weighted by atomic mass is 16.5. The summed E-state index contributed by atoms with van der Waals surface area (Å²) in [6.45, 7) is 2.12. The van der Waals surface area contributed by atoms with Crippen LogP contribution in [0.15, 0.2) is 30.5 Å². The van der Waals surface area contributed by atoms with Crippen LogP contribution in [0.4, 0.5) is 5.82 Å². The van der Waals surface area contributed by atoms with Crippen LogP contribution in [-0.4, -0.2) is 38.3 Å². The molecule has 1 saturated heterocycles. The molecule has 4 heteroatoms. The molecule has 1 unspecified atom stereocenters. The number of hydrogen-bond donors (Lipinski definition) is 1. The Labute approximate surface area is 126 Å². The molecule has 0 radical (unpaired) electrons. The molecule has 2 aromatic rings. The average Bonchev–Trinajstić information content (AvgIpc) is 2.54. The molecule has 0 aliphatic carbocycles. The molecule has 1 aliphatic rings. The van der Waals surface area contributed by atoms with Crippen LogP contribution in [0, 0.1) is 0 Å². The van der Waals surface area contributed by atoms with Gasteiger partial charge in [0.05, 0.1) is 7.11 Å². The van der Waals surface area contributed by atoms with Gasteiger partial charge in [-0.2, -0.15) is 0 Å². The highest BCUT2D eigenvalue weighted by Crippen LogP contribution is 2.28. The van der Waals surface area contributed by atoms with E-state index in [9.17, 15) is 0 Å². The van der Waals surface area contributed by atoms with Gasteiger partial charge in [-0.15, -0.1) is 0 Å². The lowest BCUT2D eigenvalue weighted by Gasteiger charge is -2.29. The molecular formula is C17H23N3O. The van der Waals surface area contributed by atoms with E-state index in [2.05, 4.69) is 34.4 Å². The Bertz CT molecular complexity index is 608. The van der Waals surface area contributed by atoms with E-state index in [1.165, 1.54) is 24.6 Å². The van der Waals surface area contributed by atoms with Gasteiger partial charge in [0.2, 0.25) is 0 Å². The lowest BCUT2D eigenvalue weighted by atomic mass is 10.0. The zero-order valence-corrected chi connectivity index (χ0v) is 12.8. The number of methoxy groups -OCH3 is 1. The molecule has 0 saturated carbocycles. The molecule has 1 fully saturated rings. The molecule has 1 N–H and O–H groups in total. The Kier molecular flexibility index (Phi) is 4.25. The third-order valence-electron chi connectivity index (χ3n) is 4.22. The van der Waals surface area contributed by atoms with Crippen LogP contribution in [0.3, 0.4) is 0 Å². The highest BCUT2D eigenvalue weighted by molar-refractivity contribution is 5.93. The second kappa shape index (κ2) is 6.31. The Morgan fingerprint density at radius 3 is 3.00 bits per heavy atom. The SMILES string of the molecule is COc1ccc2ccnc(N(C)CC3CCCCN3)c2c1. The minimum Gasteiger partial charge on any atom is -0.497 e. The number of aromatic nitrogens is 1. The summed E-state index contributed by atoms with van der Waals surface area (Å²) in [6.07, 6.45) is 5.75. The molecule has 1 atom stereocenters. The summed E-state index contributed by atoms with van der Waals surface area (Å²) in [4.78, 5) is 6.85. The average molecular weight is 285 g/mol. The molecule has 1 aliphatic heterocycles. The van der Waals surface area contributed by atoms with Gasteiger partial charge < -0.3 is 15.0 Å². The van der Waals surface area contributed by atoms with Gasteiger partial charge in [0.1, 0.15) is 11.6 Å². The summed E-state index contributed by atoms with van der Waals surface area (Å²) in [5.74, 6) is 1.90. The number of benzene rings is 1. The van der Waals surface area contributed by atoms with Crippen molar-refractivity contribution in [3.63, 3.8) is 0 Å². The molecule has 0 bridgehead atoms. The Hall–Kier alpha value is -1.81. The molecule has 0 spiro atoms. The van der Waals surface area contributed by atoms with Gasteiger partial charge in [0, 0.05) is 31.2 Å². The van der Waals surface area contributed by atoms with Gasteiger partial charge in [0.15, 0.2) is 0 Å². The van der Waals surface area contributed by atoms with Crippen molar-refractivity contribution in [2.24, 2.45) is 0 Å². The summed E-state index contributed by atoms with van der Waals surface area (Å²) >= 11 is 0. The lowest BCUT2D eigenvalue weighted by molar-refractivity contribution is 0.403. The van der Waals surface area contributed by atoms with Gasteiger partial charge in [-0.1, -0.05) is 12.5 Å². The third-order valence-corrected chi connectivity index (χ3v) is 4.22. The van der Waals surface area contributed by atoms with E-state index >= 15 is 0 Å². The zero-order chi connectivity index (χ0) is 14.7. The number of hydrogen-bond acceptors (Lipinski definition) is 4. The van der Waals surface area contributed by atoms with E-state index in [0.717, 1.165) is 30.0 Å². The van der Waals surface area contributed by atoms with E-state index in [4.69, 9.17) is 4.74 Å². The number of ether oxygens (including phenoxy) is 1. The van der Waals surface area contributed by atoms with E-state index in [-0.39, 0.29) is 0 Å². The number of likely N-dealkylation sites (N-methyl/N-ethyl adjacent to an activating group) is 1. The fourth-order valence-corrected chi connectivity index (χ4v) is 3.06. The fraction of sp³-hybridized carbons (Fsp3) is 0.471. The van der Waals surface area contributed by atoms with Crippen molar-refractivity contribution in [1.82, 2.24) is 10.3 Å². The van der Waals surface area contributed by atoms with Crippen LogP contribution in [0.25, 0.3) is 10.8 Å². The summed E-state index contributed by atoms with van der Waals surface area (Å²) < 4.78 is 5.35. The summed E-state index contributed by atoms with van der Waals surface area (Å²) in [6, 6.07) is 8.76. The minimum absolute atomic E-state index is 0.561. The van der Waals surface area contributed by atoms with E-state index in [0.29, 0.717) is 6.04 Å². The smallest absolute Gasteiger partial charge is 0.136 e. The molecule has 0 amide bonds. The van der Waals surface area contributed by atoms with Gasteiger partial charge in [-0.3, -0.25) is 0 Å². The summed E-state index contributed by atoms with van der Waals surface area (Å²) in [5.41, 5.74) is 0. The van der Waals surface area contributed by atoms with E-state index < -0.39 is 0 Å². The number of nitrogens with one attached hydrogen (secondary N) is 1. The quantitative estimate of drug-likeness (QED) is 0.937. The molecule has 2 heterocycles. The molecule has 1 aromatic carbocycles. The highest BCUT2D eigenvalue weighted by Gasteiger charge is 2.16. The first-order valence-electron chi connectivity index (χ1n) is 7.65. The maximum Gasteiger partial charge on any atom is 0.136 e. The van der Waals surface area contributed by atoms with Crippen LogP contribution in [0.1, 0.15) is 19.3 Å². The normalized spacial score (nSPS) is 18.7. The number of piperidine rings is 1. The van der Waals surface area contributed by atoms with E-state index in [1.807, 2.05) is 18.3 Å². The standard InChI is InChI=1S/C17H23N3O/c1-20(12-14-5-3-4-9-18-14)17-16-11-15(21-2)7-6-13(16)8-10-19-17/h6-8,10-11,14,18H,3-5,9,12H2,1-2H3. The monoisotopic (exact) mass is 285 g/mol. The minimum atomic E-state index is 0.561. The van der Waals surface area contributed by atoms with Crippen LogP contribution >= 0.6 is 0 Å². The first-order chi connectivity index (χ1) is 10.3. The largest absolute Gasteiger partial charge is 0.497 e. The summed E-state index contributed by atoms with van der Waals surface area (Å²) in [7, 11) is 3.82. The van der Waals surface area contributed by atoms with Crippen molar-refractivity contribution in [3.8, 4) is 5.75 Å². The molecule has 21 heavy (non-hydrogen) atoms. The maximum atomic E-state index is 5.35. The Morgan fingerprint density at radius 1 is 1.33 bits per heavy atom. The Balaban J connectivity index is 1.87. The van der Waals surface area contributed by atoms with Crippen molar-refractivity contribution in [3.05, 3.63) is 30.5 Å². The molecule has 1 aromatic heterocycles. The van der Waals surface area contributed by atoms with Crippen molar-refractivity contribution in [2.75, 3.05) is 32.1 Å². The second-order valence-electron chi connectivity index (χ2n) is 5.75. The summed E-state index contributed by atoms with van der Waals surface area (Å²) in [5, 5.41) is 5.94. The van der Waals surface area contributed by atoms with Gasteiger partial charge in [0.25, 0.3) is 0 Å². The van der Waals surface area contributed by atoms with Crippen LogP contribution < -0.4 is 15.0 Å². The second-order valence-corrected chi connectivity index (χ2v) is 5.75. The number of fused-ring (bicyclic) bond motifs is 1. The number of rotatable bonds is 4. The van der Waals surface area contributed by atoms with Crippen molar-refractivity contribution < 1.29 is 4.74 Å². The first kappa shape index (κ1) is 14.1.